The molecule has 1 aromatic carbocycles. The summed E-state index contributed by atoms with van der Waals surface area (Å²) in [5.41, 5.74) is 5.64. The lowest BCUT2D eigenvalue weighted by molar-refractivity contribution is 0.262. The zero-order valence-electron chi connectivity index (χ0n) is 9.61. The van der Waals surface area contributed by atoms with Crippen molar-refractivity contribution in [2.24, 2.45) is 5.73 Å². The molecule has 0 amide bonds. The van der Waals surface area contributed by atoms with Gasteiger partial charge in [0.25, 0.3) is 0 Å². The van der Waals surface area contributed by atoms with Crippen LogP contribution in [0.5, 0.6) is 5.75 Å². The van der Waals surface area contributed by atoms with Crippen LogP contribution in [0.15, 0.2) is 40.8 Å². The minimum absolute atomic E-state index is 0.155. The number of furan rings is 1. The van der Waals surface area contributed by atoms with E-state index in [0.717, 1.165) is 0 Å². The number of nitrogens with two attached hydrogens (primary N) is 1. The fraction of sp³-hybridized carbons (Fsp3) is 0.231. The fourth-order valence-corrected chi connectivity index (χ4v) is 1.72. The molecule has 2 rings (SSSR count). The Morgan fingerprint density at radius 1 is 1.28 bits per heavy atom. The van der Waals surface area contributed by atoms with Crippen LogP contribution in [0, 0.1) is 5.82 Å². The van der Waals surface area contributed by atoms with Crippen molar-refractivity contribution in [2.75, 3.05) is 13.2 Å². The van der Waals surface area contributed by atoms with E-state index in [1.807, 2.05) is 0 Å². The van der Waals surface area contributed by atoms with E-state index in [1.54, 1.807) is 30.3 Å². The van der Waals surface area contributed by atoms with Crippen LogP contribution in [0.1, 0.15) is 11.7 Å². The Kier molecular flexibility index (Phi) is 4.23. The molecule has 5 heteroatoms. The highest BCUT2D eigenvalue weighted by molar-refractivity contribution is 6.28. The molecule has 0 saturated carbocycles. The maximum absolute atomic E-state index is 13.3. The number of benzene rings is 1. The highest BCUT2D eigenvalue weighted by atomic mass is 35.5. The van der Waals surface area contributed by atoms with Crippen molar-refractivity contribution >= 4 is 11.6 Å². The minimum atomic E-state index is -0.397. The molecular formula is C13H13ClFNO2. The number of ether oxygens (including phenoxy) is 1. The van der Waals surface area contributed by atoms with Gasteiger partial charge in [-0.25, -0.2) is 4.39 Å². The molecule has 0 spiro atoms. The standard InChI is InChI=1S/C13H13ClFNO2/c14-13-6-5-11(18-13)9(7-16)8-17-12-4-2-1-3-10(12)15/h1-6,9H,7-8,16H2. The second-order valence-electron chi connectivity index (χ2n) is 3.82. The summed E-state index contributed by atoms with van der Waals surface area (Å²) in [7, 11) is 0. The molecule has 1 atom stereocenters. The summed E-state index contributed by atoms with van der Waals surface area (Å²) in [6.07, 6.45) is 0. The van der Waals surface area contributed by atoms with Crippen LogP contribution in [-0.4, -0.2) is 13.2 Å². The average molecular weight is 270 g/mol. The molecule has 18 heavy (non-hydrogen) atoms. The Bertz CT molecular complexity index is 515. The number of hydrogen-bond donors (Lipinski definition) is 1. The number of halogens is 2. The van der Waals surface area contributed by atoms with Crippen LogP contribution in [0.25, 0.3) is 0 Å². The normalized spacial score (nSPS) is 12.4. The monoisotopic (exact) mass is 269 g/mol. The van der Waals surface area contributed by atoms with E-state index >= 15 is 0 Å². The fourth-order valence-electron chi connectivity index (χ4n) is 1.57. The lowest BCUT2D eigenvalue weighted by Crippen LogP contribution is -2.19. The van der Waals surface area contributed by atoms with Gasteiger partial charge in [0.1, 0.15) is 5.76 Å². The van der Waals surface area contributed by atoms with Gasteiger partial charge in [-0.1, -0.05) is 12.1 Å². The second kappa shape index (κ2) is 5.89. The van der Waals surface area contributed by atoms with Gasteiger partial charge < -0.3 is 14.9 Å². The summed E-state index contributed by atoms with van der Waals surface area (Å²) in [4.78, 5) is 0. The average Bonchev–Trinajstić information content (AvgIpc) is 2.79. The highest BCUT2D eigenvalue weighted by Crippen LogP contribution is 2.23. The Morgan fingerprint density at radius 2 is 2.06 bits per heavy atom. The van der Waals surface area contributed by atoms with Gasteiger partial charge in [-0.2, -0.15) is 0 Å². The summed E-state index contributed by atoms with van der Waals surface area (Å²) in [6, 6.07) is 9.61. The van der Waals surface area contributed by atoms with E-state index in [2.05, 4.69) is 0 Å². The van der Waals surface area contributed by atoms with Crippen molar-refractivity contribution in [3.05, 3.63) is 53.2 Å². The number of hydrogen-bond acceptors (Lipinski definition) is 3. The minimum Gasteiger partial charge on any atom is -0.490 e. The van der Waals surface area contributed by atoms with Crippen LogP contribution in [-0.2, 0) is 0 Å². The zero-order chi connectivity index (χ0) is 13.0. The predicted octanol–water partition coefficient (Wildman–Crippen LogP) is 3.19. The summed E-state index contributed by atoms with van der Waals surface area (Å²) in [6.45, 7) is 0.569. The molecule has 0 fully saturated rings. The van der Waals surface area contributed by atoms with Crippen molar-refractivity contribution in [1.82, 2.24) is 0 Å². The Balaban J connectivity index is 2.02. The first-order valence-electron chi connectivity index (χ1n) is 5.53. The molecule has 3 nitrogen and oxygen atoms in total. The third-order valence-corrected chi connectivity index (χ3v) is 2.76. The van der Waals surface area contributed by atoms with Gasteiger partial charge in [0.2, 0.25) is 0 Å². The van der Waals surface area contributed by atoms with Crippen LogP contribution in [0.4, 0.5) is 4.39 Å². The first-order valence-corrected chi connectivity index (χ1v) is 5.91. The summed E-state index contributed by atoms with van der Waals surface area (Å²) >= 11 is 5.70. The molecule has 0 aliphatic rings. The molecule has 1 heterocycles. The Hall–Kier alpha value is -1.52. The van der Waals surface area contributed by atoms with Gasteiger partial charge in [-0.3, -0.25) is 0 Å². The highest BCUT2D eigenvalue weighted by Gasteiger charge is 2.15. The van der Waals surface area contributed by atoms with E-state index in [1.165, 1.54) is 6.07 Å². The lowest BCUT2D eigenvalue weighted by Gasteiger charge is -2.13. The molecule has 0 aliphatic heterocycles. The zero-order valence-corrected chi connectivity index (χ0v) is 10.4. The molecular weight excluding hydrogens is 257 g/mol. The van der Waals surface area contributed by atoms with Gasteiger partial charge in [-0.05, 0) is 35.9 Å². The first kappa shape index (κ1) is 12.9. The van der Waals surface area contributed by atoms with Gasteiger partial charge >= 0.3 is 0 Å². The van der Waals surface area contributed by atoms with E-state index in [0.29, 0.717) is 17.5 Å². The van der Waals surface area contributed by atoms with E-state index in [9.17, 15) is 4.39 Å². The topological polar surface area (TPSA) is 48.4 Å². The quantitative estimate of drug-likeness (QED) is 0.907. The Labute approximate surface area is 109 Å². The lowest BCUT2D eigenvalue weighted by atomic mass is 10.1. The van der Waals surface area contributed by atoms with Gasteiger partial charge in [0, 0.05) is 6.54 Å². The van der Waals surface area contributed by atoms with E-state index < -0.39 is 5.82 Å². The van der Waals surface area contributed by atoms with Crippen molar-refractivity contribution in [2.45, 2.75) is 5.92 Å². The third kappa shape index (κ3) is 3.03. The van der Waals surface area contributed by atoms with E-state index in [4.69, 9.17) is 26.5 Å². The van der Waals surface area contributed by atoms with Crippen LogP contribution in [0.2, 0.25) is 5.22 Å². The molecule has 1 aromatic heterocycles. The van der Waals surface area contributed by atoms with Crippen molar-refractivity contribution < 1.29 is 13.5 Å². The van der Waals surface area contributed by atoms with Crippen molar-refractivity contribution in [1.29, 1.82) is 0 Å². The molecule has 0 saturated heterocycles. The molecule has 96 valence electrons. The molecule has 2 N–H and O–H groups in total. The number of rotatable bonds is 5. The van der Waals surface area contributed by atoms with Crippen LogP contribution in [0.3, 0.4) is 0 Å². The smallest absolute Gasteiger partial charge is 0.193 e. The molecule has 0 bridgehead atoms. The maximum Gasteiger partial charge on any atom is 0.193 e. The largest absolute Gasteiger partial charge is 0.490 e. The SMILES string of the molecule is NCC(COc1ccccc1F)c1ccc(Cl)o1. The van der Waals surface area contributed by atoms with Gasteiger partial charge in [0.15, 0.2) is 16.8 Å². The Morgan fingerprint density at radius 3 is 2.67 bits per heavy atom. The van der Waals surface area contributed by atoms with Gasteiger partial charge in [-0.15, -0.1) is 0 Å². The number of para-hydroxylation sites is 1. The van der Waals surface area contributed by atoms with Crippen molar-refractivity contribution in [3.63, 3.8) is 0 Å². The summed E-state index contributed by atoms with van der Waals surface area (Å²) in [5, 5.41) is 0.300. The maximum atomic E-state index is 13.3. The second-order valence-corrected chi connectivity index (χ2v) is 4.19. The van der Waals surface area contributed by atoms with E-state index in [-0.39, 0.29) is 18.3 Å². The first-order chi connectivity index (χ1) is 8.70. The van der Waals surface area contributed by atoms with Crippen molar-refractivity contribution in [3.8, 4) is 5.75 Å². The van der Waals surface area contributed by atoms with Crippen LogP contribution >= 0.6 is 11.6 Å². The summed E-state index contributed by atoms with van der Waals surface area (Å²) in [5.74, 6) is 0.287. The molecule has 1 unspecified atom stereocenters. The third-order valence-electron chi connectivity index (χ3n) is 2.56. The summed E-state index contributed by atoms with van der Waals surface area (Å²) < 4.78 is 24.0. The predicted molar refractivity (Wildman–Crippen MR) is 67.4 cm³/mol. The molecule has 2 aromatic rings. The van der Waals surface area contributed by atoms with Crippen LogP contribution < -0.4 is 10.5 Å². The van der Waals surface area contributed by atoms with Gasteiger partial charge in [0.05, 0.1) is 12.5 Å². The molecule has 0 aliphatic carbocycles. The molecule has 0 radical (unpaired) electrons.